The van der Waals surface area contributed by atoms with Crippen LogP contribution in [0.2, 0.25) is 0 Å². The van der Waals surface area contributed by atoms with Gasteiger partial charge in [-0.3, -0.25) is 4.99 Å². The van der Waals surface area contributed by atoms with Gasteiger partial charge in [0.2, 0.25) is 0 Å². The number of hydrogen-bond donors (Lipinski definition) is 0. The number of fused-ring (bicyclic) bond motifs is 1. The zero-order valence-corrected chi connectivity index (χ0v) is 11.0. The highest BCUT2D eigenvalue weighted by molar-refractivity contribution is 5.84. The van der Waals surface area contributed by atoms with Gasteiger partial charge in [-0.1, -0.05) is 26.8 Å². The van der Waals surface area contributed by atoms with Crippen LogP contribution in [0.1, 0.15) is 32.0 Å². The summed E-state index contributed by atoms with van der Waals surface area (Å²) in [5.74, 6) is 0. The zero-order valence-electron chi connectivity index (χ0n) is 11.0. The molecule has 3 rings (SSSR count). The summed E-state index contributed by atoms with van der Waals surface area (Å²) in [4.78, 5) is 8.86. The van der Waals surface area contributed by atoms with Gasteiger partial charge in [-0.2, -0.15) is 0 Å². The molecule has 0 amide bonds. The Morgan fingerprint density at radius 2 is 2.11 bits per heavy atom. The molecule has 1 aromatic heterocycles. The number of nitrogens with zero attached hydrogens (tertiary/aromatic N) is 3. The van der Waals surface area contributed by atoms with Gasteiger partial charge in [0, 0.05) is 23.5 Å². The van der Waals surface area contributed by atoms with Gasteiger partial charge in [-0.05, 0) is 24.1 Å². The fourth-order valence-corrected chi connectivity index (χ4v) is 2.32. The van der Waals surface area contributed by atoms with E-state index in [-0.39, 0.29) is 5.41 Å². The maximum atomic E-state index is 4.51. The van der Waals surface area contributed by atoms with Crippen molar-refractivity contribution in [2.75, 3.05) is 0 Å². The Morgan fingerprint density at radius 1 is 1.28 bits per heavy atom. The third-order valence-electron chi connectivity index (χ3n) is 3.50. The first kappa shape index (κ1) is 11.2. The SMILES string of the molecule is CCc1cn(-c2ccc3c(c2)N=CC3(C)C)cn1. The number of aryl methyl sites for hydroxylation is 1. The average molecular weight is 239 g/mol. The summed E-state index contributed by atoms with van der Waals surface area (Å²) in [6.45, 7) is 6.49. The van der Waals surface area contributed by atoms with E-state index < -0.39 is 0 Å². The van der Waals surface area contributed by atoms with Gasteiger partial charge >= 0.3 is 0 Å². The predicted molar refractivity (Wildman–Crippen MR) is 74.1 cm³/mol. The van der Waals surface area contributed by atoms with Crippen molar-refractivity contribution < 1.29 is 0 Å². The van der Waals surface area contributed by atoms with E-state index in [0.29, 0.717) is 0 Å². The lowest BCUT2D eigenvalue weighted by Crippen LogP contribution is -2.14. The average Bonchev–Trinajstić information content (AvgIpc) is 2.94. The number of rotatable bonds is 2. The van der Waals surface area contributed by atoms with Crippen molar-refractivity contribution >= 4 is 11.9 Å². The molecule has 3 heteroatoms. The van der Waals surface area contributed by atoms with Crippen molar-refractivity contribution in [2.24, 2.45) is 4.99 Å². The summed E-state index contributed by atoms with van der Waals surface area (Å²) < 4.78 is 2.06. The number of benzene rings is 1. The predicted octanol–water partition coefficient (Wildman–Crippen LogP) is 3.43. The molecule has 3 nitrogen and oxygen atoms in total. The van der Waals surface area contributed by atoms with Crippen LogP contribution in [0.3, 0.4) is 0 Å². The van der Waals surface area contributed by atoms with Crippen molar-refractivity contribution in [3.63, 3.8) is 0 Å². The fourth-order valence-electron chi connectivity index (χ4n) is 2.32. The highest BCUT2D eigenvalue weighted by atomic mass is 15.0. The summed E-state index contributed by atoms with van der Waals surface area (Å²) in [6.07, 6.45) is 6.92. The van der Waals surface area contributed by atoms with E-state index in [0.717, 1.165) is 23.5 Å². The maximum Gasteiger partial charge on any atom is 0.0995 e. The minimum atomic E-state index is 0.0530. The van der Waals surface area contributed by atoms with Crippen LogP contribution in [0.4, 0.5) is 5.69 Å². The van der Waals surface area contributed by atoms with Gasteiger partial charge in [0.1, 0.15) is 0 Å². The van der Waals surface area contributed by atoms with Crippen LogP contribution >= 0.6 is 0 Å². The smallest absolute Gasteiger partial charge is 0.0995 e. The summed E-state index contributed by atoms with van der Waals surface area (Å²) in [5, 5.41) is 0. The molecule has 0 fully saturated rings. The van der Waals surface area contributed by atoms with Crippen LogP contribution in [-0.4, -0.2) is 15.8 Å². The second-order valence-electron chi connectivity index (χ2n) is 5.31. The van der Waals surface area contributed by atoms with Crippen LogP contribution in [0, 0.1) is 0 Å². The van der Waals surface area contributed by atoms with Crippen LogP contribution in [0.15, 0.2) is 35.7 Å². The number of aromatic nitrogens is 2. The first-order chi connectivity index (χ1) is 8.60. The summed E-state index contributed by atoms with van der Waals surface area (Å²) in [7, 11) is 0. The van der Waals surface area contributed by atoms with E-state index in [1.807, 2.05) is 12.5 Å². The van der Waals surface area contributed by atoms with E-state index in [1.165, 1.54) is 5.56 Å². The van der Waals surface area contributed by atoms with E-state index in [2.05, 4.69) is 59.7 Å². The molecule has 0 unspecified atom stereocenters. The second-order valence-corrected chi connectivity index (χ2v) is 5.31. The molecule has 0 saturated heterocycles. The van der Waals surface area contributed by atoms with Crippen molar-refractivity contribution in [1.29, 1.82) is 0 Å². The number of hydrogen-bond acceptors (Lipinski definition) is 2. The summed E-state index contributed by atoms with van der Waals surface area (Å²) in [6, 6.07) is 6.43. The third kappa shape index (κ3) is 1.67. The highest BCUT2D eigenvalue weighted by Gasteiger charge is 2.26. The minimum absolute atomic E-state index is 0.0530. The zero-order chi connectivity index (χ0) is 12.8. The summed E-state index contributed by atoms with van der Waals surface area (Å²) in [5.41, 5.74) is 4.65. The van der Waals surface area contributed by atoms with Gasteiger partial charge < -0.3 is 4.57 Å². The van der Waals surface area contributed by atoms with Crippen molar-refractivity contribution in [2.45, 2.75) is 32.6 Å². The lowest BCUT2D eigenvalue weighted by atomic mass is 9.87. The molecule has 2 heterocycles. The van der Waals surface area contributed by atoms with Crippen LogP contribution in [0.5, 0.6) is 0 Å². The van der Waals surface area contributed by atoms with E-state index in [4.69, 9.17) is 0 Å². The molecule has 1 aliphatic heterocycles. The Balaban J connectivity index is 2.04. The topological polar surface area (TPSA) is 30.2 Å². The highest BCUT2D eigenvalue weighted by Crippen LogP contribution is 2.37. The van der Waals surface area contributed by atoms with Gasteiger partial charge in [0.25, 0.3) is 0 Å². The Labute approximate surface area is 107 Å². The minimum Gasteiger partial charge on any atom is -0.306 e. The molecule has 1 aliphatic rings. The lowest BCUT2D eigenvalue weighted by molar-refractivity contribution is 0.752. The van der Waals surface area contributed by atoms with Crippen molar-refractivity contribution in [3.8, 4) is 5.69 Å². The fraction of sp³-hybridized carbons (Fsp3) is 0.333. The van der Waals surface area contributed by atoms with Gasteiger partial charge in [0.15, 0.2) is 0 Å². The first-order valence-corrected chi connectivity index (χ1v) is 6.33. The van der Waals surface area contributed by atoms with Crippen LogP contribution in [-0.2, 0) is 11.8 Å². The van der Waals surface area contributed by atoms with Crippen LogP contribution in [0.25, 0.3) is 5.69 Å². The van der Waals surface area contributed by atoms with Gasteiger partial charge in [-0.25, -0.2) is 4.98 Å². The second kappa shape index (κ2) is 3.80. The number of aliphatic imine (C=N–C) groups is 1. The maximum absolute atomic E-state index is 4.51. The Hall–Kier alpha value is -1.90. The molecular formula is C15H17N3. The first-order valence-electron chi connectivity index (χ1n) is 6.33. The van der Waals surface area contributed by atoms with Crippen molar-refractivity contribution in [3.05, 3.63) is 42.0 Å². The quantitative estimate of drug-likeness (QED) is 0.789. The monoisotopic (exact) mass is 239 g/mol. The standard InChI is InChI=1S/C15H17N3/c1-4-11-8-18(10-17-11)12-5-6-13-14(7-12)16-9-15(13,2)3/h5-10H,4H2,1-3H3. The van der Waals surface area contributed by atoms with Gasteiger partial charge in [-0.15, -0.1) is 0 Å². The lowest BCUT2D eigenvalue weighted by Gasteiger charge is -2.15. The molecule has 0 spiro atoms. The normalized spacial score (nSPS) is 15.9. The Bertz CT molecular complexity index is 620. The molecule has 0 radical (unpaired) electrons. The molecule has 0 bridgehead atoms. The number of imidazole rings is 1. The van der Waals surface area contributed by atoms with E-state index in [1.54, 1.807) is 0 Å². The summed E-state index contributed by atoms with van der Waals surface area (Å²) >= 11 is 0. The molecule has 1 aromatic carbocycles. The molecule has 18 heavy (non-hydrogen) atoms. The molecule has 0 saturated carbocycles. The largest absolute Gasteiger partial charge is 0.306 e. The molecule has 0 N–H and O–H groups in total. The molecule has 0 atom stereocenters. The molecular weight excluding hydrogens is 222 g/mol. The van der Waals surface area contributed by atoms with Gasteiger partial charge in [0.05, 0.1) is 17.7 Å². The van der Waals surface area contributed by atoms with Crippen molar-refractivity contribution in [1.82, 2.24) is 9.55 Å². The van der Waals surface area contributed by atoms with E-state index in [9.17, 15) is 0 Å². The third-order valence-corrected chi connectivity index (χ3v) is 3.50. The molecule has 0 aliphatic carbocycles. The Morgan fingerprint density at radius 3 is 2.83 bits per heavy atom. The Kier molecular flexibility index (Phi) is 2.37. The molecule has 92 valence electrons. The molecule has 2 aromatic rings. The van der Waals surface area contributed by atoms with E-state index >= 15 is 0 Å². The van der Waals surface area contributed by atoms with Crippen LogP contribution < -0.4 is 0 Å².